The first-order valence-electron chi connectivity index (χ1n) is 7.60. The monoisotopic (exact) mass is 364 g/mol. The van der Waals surface area contributed by atoms with Gasteiger partial charge in [-0.3, -0.25) is 9.59 Å². The fourth-order valence-electron chi connectivity index (χ4n) is 2.94. The SMILES string of the molecule is COc1ccc(Cl)cc1C(=O)Nc1sc2c(c1C(N)=O)CCCC2. The Hall–Kier alpha value is -2.05. The predicted octanol–water partition coefficient (Wildman–Crippen LogP) is 3.64. The van der Waals surface area contributed by atoms with Gasteiger partial charge in [0.1, 0.15) is 10.8 Å². The van der Waals surface area contributed by atoms with Crippen LogP contribution in [0.2, 0.25) is 5.02 Å². The lowest BCUT2D eigenvalue weighted by molar-refractivity contribution is 0.100. The Balaban J connectivity index is 1.97. The van der Waals surface area contributed by atoms with Gasteiger partial charge in [-0.2, -0.15) is 0 Å². The number of anilines is 1. The minimum absolute atomic E-state index is 0.312. The number of aryl methyl sites for hydroxylation is 1. The Bertz CT molecular complexity index is 816. The lowest BCUT2D eigenvalue weighted by atomic mass is 9.95. The Morgan fingerprint density at radius 2 is 2.04 bits per heavy atom. The summed E-state index contributed by atoms with van der Waals surface area (Å²) in [5, 5.41) is 3.74. The van der Waals surface area contributed by atoms with E-state index in [4.69, 9.17) is 22.1 Å². The van der Waals surface area contributed by atoms with Crippen molar-refractivity contribution >= 4 is 39.8 Å². The molecule has 0 spiro atoms. The van der Waals surface area contributed by atoms with Crippen LogP contribution in [0.1, 0.15) is 44.0 Å². The molecule has 0 fully saturated rings. The fourth-order valence-corrected chi connectivity index (χ4v) is 4.40. The molecule has 2 aromatic rings. The summed E-state index contributed by atoms with van der Waals surface area (Å²) in [4.78, 5) is 25.6. The second kappa shape index (κ2) is 6.83. The average molecular weight is 365 g/mol. The molecule has 1 aliphatic rings. The molecule has 0 aliphatic heterocycles. The summed E-state index contributed by atoms with van der Waals surface area (Å²) in [5.41, 5.74) is 7.27. The van der Waals surface area contributed by atoms with Crippen LogP contribution in [0.5, 0.6) is 5.75 Å². The molecule has 0 saturated carbocycles. The topological polar surface area (TPSA) is 81.4 Å². The number of benzene rings is 1. The largest absolute Gasteiger partial charge is 0.496 e. The molecule has 2 amide bonds. The molecule has 0 bridgehead atoms. The van der Waals surface area contributed by atoms with Crippen LogP contribution in [0.4, 0.5) is 5.00 Å². The summed E-state index contributed by atoms with van der Waals surface area (Å²) in [6.07, 6.45) is 3.85. The highest BCUT2D eigenvalue weighted by atomic mass is 35.5. The molecule has 7 heteroatoms. The first-order valence-corrected chi connectivity index (χ1v) is 8.80. The van der Waals surface area contributed by atoms with Crippen molar-refractivity contribution in [3.63, 3.8) is 0 Å². The molecular weight excluding hydrogens is 348 g/mol. The lowest BCUT2D eigenvalue weighted by Gasteiger charge is -2.11. The van der Waals surface area contributed by atoms with Crippen molar-refractivity contribution < 1.29 is 14.3 Å². The number of halogens is 1. The summed E-state index contributed by atoms with van der Waals surface area (Å²) in [6.45, 7) is 0. The Kier molecular flexibility index (Phi) is 4.78. The number of carbonyl (C=O) groups excluding carboxylic acids is 2. The van der Waals surface area contributed by atoms with E-state index in [1.807, 2.05) is 0 Å². The number of nitrogens with two attached hydrogens (primary N) is 1. The number of nitrogens with one attached hydrogen (secondary N) is 1. The molecule has 1 aromatic carbocycles. The van der Waals surface area contributed by atoms with E-state index in [1.54, 1.807) is 12.1 Å². The molecule has 1 heterocycles. The lowest BCUT2D eigenvalue weighted by Crippen LogP contribution is -2.19. The third kappa shape index (κ3) is 3.12. The van der Waals surface area contributed by atoms with Gasteiger partial charge < -0.3 is 15.8 Å². The standard InChI is InChI=1S/C17H17ClN2O3S/c1-23-12-7-6-9(18)8-11(12)16(22)20-17-14(15(19)21)10-4-2-3-5-13(10)24-17/h6-8H,2-5H2,1H3,(H2,19,21)(H,20,22). The maximum atomic E-state index is 12.6. The molecule has 0 radical (unpaired) electrons. The predicted molar refractivity (Wildman–Crippen MR) is 95.4 cm³/mol. The third-order valence-corrected chi connectivity index (χ3v) is 5.49. The molecule has 1 aromatic heterocycles. The number of ether oxygens (including phenoxy) is 1. The van der Waals surface area contributed by atoms with E-state index in [-0.39, 0.29) is 5.91 Å². The first-order chi connectivity index (χ1) is 11.5. The molecule has 1 aliphatic carbocycles. The summed E-state index contributed by atoms with van der Waals surface area (Å²) in [6, 6.07) is 4.81. The molecule has 0 unspecified atom stereocenters. The van der Waals surface area contributed by atoms with E-state index >= 15 is 0 Å². The molecule has 5 nitrogen and oxygen atoms in total. The number of rotatable bonds is 4. The van der Waals surface area contributed by atoms with Crippen molar-refractivity contribution in [2.24, 2.45) is 5.73 Å². The van der Waals surface area contributed by atoms with Gasteiger partial charge in [0.05, 0.1) is 18.2 Å². The molecule has 126 valence electrons. The van der Waals surface area contributed by atoms with Crippen molar-refractivity contribution in [2.75, 3.05) is 12.4 Å². The van der Waals surface area contributed by atoms with Gasteiger partial charge >= 0.3 is 0 Å². The number of hydrogen-bond acceptors (Lipinski definition) is 4. The van der Waals surface area contributed by atoms with Crippen molar-refractivity contribution in [1.82, 2.24) is 0 Å². The van der Waals surface area contributed by atoms with Gasteiger partial charge in [0.25, 0.3) is 11.8 Å². The van der Waals surface area contributed by atoms with Crippen LogP contribution in [0, 0.1) is 0 Å². The number of carbonyl (C=O) groups is 2. The fraction of sp³-hybridized carbons (Fsp3) is 0.294. The zero-order valence-corrected chi connectivity index (χ0v) is 14.7. The molecule has 3 N–H and O–H groups in total. The summed E-state index contributed by atoms with van der Waals surface area (Å²) in [7, 11) is 1.48. The second-order valence-corrected chi connectivity index (χ2v) is 7.12. The smallest absolute Gasteiger partial charge is 0.260 e. The minimum atomic E-state index is -0.511. The van der Waals surface area contributed by atoms with Crippen LogP contribution in [0.3, 0.4) is 0 Å². The number of thiophene rings is 1. The van der Waals surface area contributed by atoms with Gasteiger partial charge in [0.15, 0.2) is 0 Å². The van der Waals surface area contributed by atoms with Crippen LogP contribution in [0.25, 0.3) is 0 Å². The van der Waals surface area contributed by atoms with Gasteiger partial charge in [-0.25, -0.2) is 0 Å². The third-order valence-electron chi connectivity index (χ3n) is 4.05. The van der Waals surface area contributed by atoms with Gasteiger partial charge in [0.2, 0.25) is 0 Å². The van der Waals surface area contributed by atoms with E-state index < -0.39 is 5.91 Å². The average Bonchev–Trinajstić information content (AvgIpc) is 2.92. The van der Waals surface area contributed by atoms with Crippen molar-refractivity contribution in [3.05, 3.63) is 44.8 Å². The van der Waals surface area contributed by atoms with Crippen LogP contribution < -0.4 is 15.8 Å². The number of primary amides is 1. The van der Waals surface area contributed by atoms with Crippen molar-refractivity contribution in [1.29, 1.82) is 0 Å². The minimum Gasteiger partial charge on any atom is -0.496 e. The Labute approximate surface area is 148 Å². The zero-order valence-electron chi connectivity index (χ0n) is 13.1. The van der Waals surface area contributed by atoms with E-state index in [0.717, 1.165) is 36.1 Å². The van der Waals surface area contributed by atoms with Crippen LogP contribution in [0.15, 0.2) is 18.2 Å². The molecular formula is C17H17ClN2O3S. The number of fused-ring (bicyclic) bond motifs is 1. The Morgan fingerprint density at radius 1 is 1.29 bits per heavy atom. The normalized spacial score (nSPS) is 13.2. The summed E-state index contributed by atoms with van der Waals surface area (Å²) in [5.74, 6) is -0.475. The van der Waals surface area contributed by atoms with Gasteiger partial charge in [-0.1, -0.05) is 11.6 Å². The van der Waals surface area contributed by atoms with Crippen LogP contribution in [-0.2, 0) is 12.8 Å². The van der Waals surface area contributed by atoms with E-state index in [1.165, 1.54) is 24.5 Å². The van der Waals surface area contributed by atoms with E-state index in [9.17, 15) is 9.59 Å². The van der Waals surface area contributed by atoms with Gasteiger partial charge in [0, 0.05) is 9.90 Å². The quantitative estimate of drug-likeness (QED) is 0.868. The van der Waals surface area contributed by atoms with Crippen molar-refractivity contribution in [3.8, 4) is 5.75 Å². The highest BCUT2D eigenvalue weighted by Crippen LogP contribution is 2.38. The number of amides is 2. The maximum absolute atomic E-state index is 12.6. The van der Waals surface area contributed by atoms with E-state index in [0.29, 0.717) is 26.9 Å². The number of hydrogen-bond donors (Lipinski definition) is 2. The van der Waals surface area contributed by atoms with Gasteiger partial charge in [-0.05, 0) is 49.4 Å². The molecule has 0 atom stereocenters. The number of methoxy groups -OCH3 is 1. The van der Waals surface area contributed by atoms with E-state index in [2.05, 4.69) is 5.32 Å². The zero-order chi connectivity index (χ0) is 17.3. The maximum Gasteiger partial charge on any atom is 0.260 e. The first kappa shape index (κ1) is 16.8. The van der Waals surface area contributed by atoms with Crippen LogP contribution >= 0.6 is 22.9 Å². The second-order valence-electron chi connectivity index (χ2n) is 5.58. The van der Waals surface area contributed by atoms with Crippen LogP contribution in [-0.4, -0.2) is 18.9 Å². The highest BCUT2D eigenvalue weighted by Gasteiger charge is 2.25. The summed E-state index contributed by atoms with van der Waals surface area (Å²) < 4.78 is 5.21. The van der Waals surface area contributed by atoms with Gasteiger partial charge in [-0.15, -0.1) is 11.3 Å². The summed E-state index contributed by atoms with van der Waals surface area (Å²) >= 11 is 7.40. The molecule has 24 heavy (non-hydrogen) atoms. The highest BCUT2D eigenvalue weighted by molar-refractivity contribution is 7.17. The molecule has 3 rings (SSSR count). The Morgan fingerprint density at radius 3 is 2.75 bits per heavy atom. The van der Waals surface area contributed by atoms with Crippen molar-refractivity contribution in [2.45, 2.75) is 25.7 Å². The molecule has 0 saturated heterocycles.